The molecule has 0 aromatic heterocycles. The SMILES string of the molecule is C=CCNCCCNC/C=C/C. The molecule has 2 nitrogen and oxygen atoms in total. The first kappa shape index (κ1) is 11.4. The highest BCUT2D eigenvalue weighted by Crippen LogP contribution is 1.74. The van der Waals surface area contributed by atoms with Crippen molar-refractivity contribution in [2.45, 2.75) is 13.3 Å². The summed E-state index contributed by atoms with van der Waals surface area (Å²) >= 11 is 0. The van der Waals surface area contributed by atoms with Gasteiger partial charge in [-0.2, -0.15) is 0 Å². The summed E-state index contributed by atoms with van der Waals surface area (Å²) in [5, 5.41) is 6.56. The summed E-state index contributed by atoms with van der Waals surface area (Å²) in [6, 6.07) is 0. The highest BCUT2D eigenvalue weighted by atomic mass is 14.9. The molecule has 0 saturated heterocycles. The normalized spacial score (nSPS) is 10.8. The zero-order valence-electron chi connectivity index (χ0n) is 7.97. The molecule has 0 atom stereocenters. The van der Waals surface area contributed by atoms with E-state index >= 15 is 0 Å². The summed E-state index contributed by atoms with van der Waals surface area (Å²) in [7, 11) is 0. The second-order valence-electron chi connectivity index (χ2n) is 2.62. The monoisotopic (exact) mass is 168 g/mol. The van der Waals surface area contributed by atoms with E-state index in [4.69, 9.17) is 0 Å². The number of rotatable bonds is 8. The maximum Gasteiger partial charge on any atom is 0.0134 e. The first-order chi connectivity index (χ1) is 5.91. The molecule has 0 unspecified atom stereocenters. The molecular formula is C10H20N2. The van der Waals surface area contributed by atoms with Crippen LogP contribution in [0.5, 0.6) is 0 Å². The Morgan fingerprint density at radius 3 is 2.42 bits per heavy atom. The van der Waals surface area contributed by atoms with E-state index in [1.165, 1.54) is 6.42 Å². The first-order valence-electron chi connectivity index (χ1n) is 4.55. The quantitative estimate of drug-likeness (QED) is 0.422. The lowest BCUT2D eigenvalue weighted by Gasteiger charge is -2.01. The third kappa shape index (κ3) is 9.40. The van der Waals surface area contributed by atoms with Crippen LogP contribution >= 0.6 is 0 Å². The molecular weight excluding hydrogens is 148 g/mol. The van der Waals surface area contributed by atoms with Gasteiger partial charge in [-0.25, -0.2) is 0 Å². The van der Waals surface area contributed by atoms with Gasteiger partial charge in [0.25, 0.3) is 0 Å². The van der Waals surface area contributed by atoms with E-state index in [0.717, 1.165) is 26.2 Å². The average molecular weight is 168 g/mol. The van der Waals surface area contributed by atoms with Gasteiger partial charge in [0.1, 0.15) is 0 Å². The Morgan fingerprint density at radius 1 is 1.17 bits per heavy atom. The van der Waals surface area contributed by atoms with Crippen LogP contribution in [0, 0.1) is 0 Å². The zero-order valence-corrected chi connectivity index (χ0v) is 7.97. The molecule has 70 valence electrons. The van der Waals surface area contributed by atoms with Gasteiger partial charge in [-0.05, 0) is 26.4 Å². The third-order valence-electron chi connectivity index (χ3n) is 1.49. The molecule has 2 N–H and O–H groups in total. The number of allylic oxidation sites excluding steroid dienone is 1. The third-order valence-corrected chi connectivity index (χ3v) is 1.49. The molecule has 0 bridgehead atoms. The van der Waals surface area contributed by atoms with Gasteiger partial charge in [0.05, 0.1) is 0 Å². The van der Waals surface area contributed by atoms with Crippen molar-refractivity contribution in [3.8, 4) is 0 Å². The maximum absolute atomic E-state index is 3.63. The van der Waals surface area contributed by atoms with Crippen LogP contribution in [-0.4, -0.2) is 26.2 Å². The molecule has 0 radical (unpaired) electrons. The molecule has 0 fully saturated rings. The molecule has 0 aromatic rings. The van der Waals surface area contributed by atoms with Crippen molar-refractivity contribution >= 4 is 0 Å². The van der Waals surface area contributed by atoms with Crippen LogP contribution in [0.1, 0.15) is 13.3 Å². The topological polar surface area (TPSA) is 24.1 Å². The Bertz CT molecular complexity index is 119. The Labute approximate surface area is 75.7 Å². The van der Waals surface area contributed by atoms with Gasteiger partial charge >= 0.3 is 0 Å². The largest absolute Gasteiger partial charge is 0.313 e. The van der Waals surface area contributed by atoms with Crippen LogP contribution in [0.2, 0.25) is 0 Å². The number of hydrogen-bond acceptors (Lipinski definition) is 2. The molecule has 12 heavy (non-hydrogen) atoms. The van der Waals surface area contributed by atoms with Crippen LogP contribution in [0.4, 0.5) is 0 Å². The van der Waals surface area contributed by atoms with Crippen LogP contribution in [-0.2, 0) is 0 Å². The summed E-state index contributed by atoms with van der Waals surface area (Å²) in [6.45, 7) is 9.70. The van der Waals surface area contributed by atoms with Crippen molar-refractivity contribution < 1.29 is 0 Å². The van der Waals surface area contributed by atoms with Crippen molar-refractivity contribution in [3.05, 3.63) is 24.8 Å². The molecule has 0 aliphatic carbocycles. The Balaban J connectivity index is 2.86. The predicted octanol–water partition coefficient (Wildman–Crippen LogP) is 1.32. The number of nitrogens with one attached hydrogen (secondary N) is 2. The number of hydrogen-bond donors (Lipinski definition) is 2. The summed E-state index contributed by atoms with van der Waals surface area (Å²) in [5.74, 6) is 0. The van der Waals surface area contributed by atoms with Gasteiger partial charge in [0.2, 0.25) is 0 Å². The molecule has 0 heterocycles. The van der Waals surface area contributed by atoms with Crippen LogP contribution in [0.15, 0.2) is 24.8 Å². The molecule has 2 heteroatoms. The van der Waals surface area contributed by atoms with Crippen LogP contribution < -0.4 is 10.6 Å². The van der Waals surface area contributed by atoms with Gasteiger partial charge in [-0.3, -0.25) is 0 Å². The standard InChI is InChI=1S/C10H20N2/c1-3-5-8-12-10-6-9-11-7-4-2/h3-5,11-12H,2,6-10H2,1H3/b5-3+. The molecule has 0 aliphatic heterocycles. The lowest BCUT2D eigenvalue weighted by molar-refractivity contribution is 0.640. The fraction of sp³-hybridized carbons (Fsp3) is 0.600. The van der Waals surface area contributed by atoms with E-state index in [9.17, 15) is 0 Å². The molecule has 0 amide bonds. The predicted molar refractivity (Wildman–Crippen MR) is 55.4 cm³/mol. The van der Waals surface area contributed by atoms with E-state index in [0.29, 0.717) is 0 Å². The van der Waals surface area contributed by atoms with Gasteiger partial charge in [-0.15, -0.1) is 6.58 Å². The summed E-state index contributed by atoms with van der Waals surface area (Å²) in [6.07, 6.45) is 7.23. The van der Waals surface area contributed by atoms with Gasteiger partial charge in [0.15, 0.2) is 0 Å². The minimum atomic E-state index is 0.912. The van der Waals surface area contributed by atoms with E-state index in [2.05, 4.69) is 29.4 Å². The lowest BCUT2D eigenvalue weighted by Crippen LogP contribution is -2.21. The Hall–Kier alpha value is -0.600. The highest BCUT2D eigenvalue weighted by molar-refractivity contribution is 4.79. The van der Waals surface area contributed by atoms with Crippen LogP contribution in [0.3, 0.4) is 0 Å². The van der Waals surface area contributed by atoms with Crippen LogP contribution in [0.25, 0.3) is 0 Å². The molecule has 0 rings (SSSR count). The Morgan fingerprint density at radius 2 is 1.83 bits per heavy atom. The fourth-order valence-corrected chi connectivity index (χ4v) is 0.846. The lowest BCUT2D eigenvalue weighted by atomic mass is 10.4. The average Bonchev–Trinajstić information content (AvgIpc) is 2.10. The first-order valence-corrected chi connectivity index (χ1v) is 4.55. The highest BCUT2D eigenvalue weighted by Gasteiger charge is 1.84. The minimum absolute atomic E-state index is 0.912. The van der Waals surface area contributed by atoms with E-state index in [1.807, 2.05) is 13.0 Å². The van der Waals surface area contributed by atoms with Crippen molar-refractivity contribution in [2.75, 3.05) is 26.2 Å². The second-order valence-corrected chi connectivity index (χ2v) is 2.62. The summed E-state index contributed by atoms with van der Waals surface area (Å²) in [4.78, 5) is 0. The van der Waals surface area contributed by atoms with Crippen molar-refractivity contribution in [2.24, 2.45) is 0 Å². The summed E-state index contributed by atoms with van der Waals surface area (Å²) in [5.41, 5.74) is 0. The van der Waals surface area contributed by atoms with E-state index in [1.54, 1.807) is 0 Å². The van der Waals surface area contributed by atoms with Gasteiger partial charge < -0.3 is 10.6 Å². The summed E-state index contributed by atoms with van der Waals surface area (Å²) < 4.78 is 0. The van der Waals surface area contributed by atoms with Gasteiger partial charge in [-0.1, -0.05) is 18.2 Å². The van der Waals surface area contributed by atoms with E-state index < -0.39 is 0 Å². The van der Waals surface area contributed by atoms with Gasteiger partial charge in [0, 0.05) is 13.1 Å². The minimum Gasteiger partial charge on any atom is -0.313 e. The Kier molecular flexibility index (Phi) is 9.88. The molecule has 0 aromatic carbocycles. The molecule has 0 spiro atoms. The maximum atomic E-state index is 3.63. The van der Waals surface area contributed by atoms with E-state index in [-0.39, 0.29) is 0 Å². The fourth-order valence-electron chi connectivity index (χ4n) is 0.846. The van der Waals surface area contributed by atoms with Crippen molar-refractivity contribution in [1.29, 1.82) is 0 Å². The van der Waals surface area contributed by atoms with Crippen molar-refractivity contribution in [1.82, 2.24) is 10.6 Å². The zero-order chi connectivity index (χ0) is 9.07. The molecule has 0 aliphatic rings. The van der Waals surface area contributed by atoms with Crippen molar-refractivity contribution in [3.63, 3.8) is 0 Å². The molecule has 0 saturated carbocycles. The second kappa shape index (κ2) is 10.4. The smallest absolute Gasteiger partial charge is 0.0134 e.